The first kappa shape index (κ1) is 16.5. The minimum atomic E-state index is 0.421. The van der Waals surface area contributed by atoms with Gasteiger partial charge in [-0.15, -0.1) is 0 Å². The summed E-state index contributed by atoms with van der Waals surface area (Å²) in [5.41, 5.74) is 0. The summed E-state index contributed by atoms with van der Waals surface area (Å²) in [5, 5.41) is 6.71. The van der Waals surface area contributed by atoms with Gasteiger partial charge in [0, 0.05) is 45.9 Å². The predicted octanol–water partition coefficient (Wildman–Crippen LogP) is 0.443. The van der Waals surface area contributed by atoms with Crippen molar-refractivity contribution in [2.75, 3.05) is 59.1 Å². The number of nitrogens with one attached hydrogen (secondary N) is 2. The van der Waals surface area contributed by atoms with E-state index < -0.39 is 0 Å². The van der Waals surface area contributed by atoms with Gasteiger partial charge in [-0.3, -0.25) is 9.89 Å². The number of morpholine rings is 1. The van der Waals surface area contributed by atoms with Crippen molar-refractivity contribution in [1.29, 1.82) is 0 Å². The Morgan fingerprint density at radius 3 is 2.81 bits per heavy atom. The van der Waals surface area contributed by atoms with Gasteiger partial charge in [0.15, 0.2) is 5.96 Å². The number of aliphatic imine (C=N–C) groups is 1. The van der Waals surface area contributed by atoms with Gasteiger partial charge in [0.25, 0.3) is 0 Å². The molecule has 0 aromatic rings. The Morgan fingerprint density at radius 2 is 2.10 bits per heavy atom. The maximum absolute atomic E-state index is 5.63. The smallest absolute Gasteiger partial charge is 0.191 e. The summed E-state index contributed by atoms with van der Waals surface area (Å²) in [6.07, 6.45) is 3.84. The highest BCUT2D eigenvalue weighted by Gasteiger charge is 2.14. The minimum Gasteiger partial charge on any atom is -0.379 e. The van der Waals surface area contributed by atoms with Crippen LogP contribution in [0.25, 0.3) is 0 Å². The molecule has 0 spiro atoms. The fourth-order valence-corrected chi connectivity index (χ4v) is 2.69. The van der Waals surface area contributed by atoms with E-state index in [0.717, 1.165) is 71.5 Å². The molecule has 0 aromatic carbocycles. The molecule has 0 aliphatic carbocycles. The molecule has 2 aliphatic heterocycles. The molecule has 0 bridgehead atoms. The first-order valence-corrected chi connectivity index (χ1v) is 8.32. The summed E-state index contributed by atoms with van der Waals surface area (Å²) in [5.74, 6) is 0.920. The third-order valence-corrected chi connectivity index (χ3v) is 3.91. The van der Waals surface area contributed by atoms with Crippen LogP contribution in [0.5, 0.6) is 0 Å². The lowest BCUT2D eigenvalue weighted by Crippen LogP contribution is -2.44. The van der Waals surface area contributed by atoms with Crippen LogP contribution in [-0.4, -0.2) is 76.1 Å². The van der Waals surface area contributed by atoms with Crippen LogP contribution in [0.1, 0.15) is 26.2 Å². The van der Waals surface area contributed by atoms with Gasteiger partial charge in [0.05, 0.1) is 19.3 Å². The van der Waals surface area contributed by atoms with Crippen LogP contribution in [0.2, 0.25) is 0 Å². The van der Waals surface area contributed by atoms with E-state index in [1.807, 2.05) is 0 Å². The van der Waals surface area contributed by atoms with Gasteiger partial charge < -0.3 is 20.1 Å². The first-order chi connectivity index (χ1) is 10.4. The quantitative estimate of drug-likeness (QED) is 0.528. The molecule has 0 radical (unpaired) electrons. The molecular weight excluding hydrogens is 268 g/mol. The highest BCUT2D eigenvalue weighted by Crippen LogP contribution is 2.14. The monoisotopic (exact) mass is 298 g/mol. The van der Waals surface area contributed by atoms with Crippen molar-refractivity contribution in [3.8, 4) is 0 Å². The molecule has 2 rings (SSSR count). The fourth-order valence-electron chi connectivity index (χ4n) is 2.69. The van der Waals surface area contributed by atoms with Gasteiger partial charge in [0.1, 0.15) is 0 Å². The highest BCUT2D eigenvalue weighted by atomic mass is 16.5. The lowest BCUT2D eigenvalue weighted by Gasteiger charge is -2.26. The molecule has 0 amide bonds. The Labute approximate surface area is 128 Å². The summed E-state index contributed by atoms with van der Waals surface area (Å²) in [6, 6.07) is 0. The van der Waals surface area contributed by atoms with Crippen LogP contribution in [0, 0.1) is 0 Å². The Morgan fingerprint density at radius 1 is 1.24 bits per heavy atom. The lowest BCUT2D eigenvalue weighted by molar-refractivity contribution is 0.0389. The third kappa shape index (κ3) is 6.63. The van der Waals surface area contributed by atoms with Crippen molar-refractivity contribution in [2.45, 2.75) is 32.3 Å². The topological polar surface area (TPSA) is 58.1 Å². The number of rotatable bonds is 7. The van der Waals surface area contributed by atoms with E-state index in [2.05, 4.69) is 27.4 Å². The molecule has 2 fully saturated rings. The van der Waals surface area contributed by atoms with Crippen molar-refractivity contribution >= 4 is 5.96 Å². The van der Waals surface area contributed by atoms with Crippen LogP contribution in [0.4, 0.5) is 0 Å². The van der Waals surface area contributed by atoms with Gasteiger partial charge in [0.2, 0.25) is 0 Å². The molecule has 6 heteroatoms. The largest absolute Gasteiger partial charge is 0.379 e. The molecule has 0 saturated carbocycles. The van der Waals surface area contributed by atoms with Gasteiger partial charge in [-0.1, -0.05) is 0 Å². The van der Waals surface area contributed by atoms with Crippen molar-refractivity contribution in [1.82, 2.24) is 15.5 Å². The summed E-state index contributed by atoms with van der Waals surface area (Å²) in [4.78, 5) is 7.05. The Balaban J connectivity index is 1.62. The van der Waals surface area contributed by atoms with E-state index in [1.165, 1.54) is 12.8 Å². The third-order valence-electron chi connectivity index (χ3n) is 3.91. The molecule has 2 aliphatic rings. The zero-order valence-electron chi connectivity index (χ0n) is 13.3. The zero-order chi connectivity index (χ0) is 14.8. The Kier molecular flexibility index (Phi) is 7.85. The van der Waals surface area contributed by atoms with Crippen LogP contribution in [-0.2, 0) is 9.47 Å². The van der Waals surface area contributed by atoms with Crippen molar-refractivity contribution in [3.63, 3.8) is 0 Å². The molecule has 122 valence electrons. The van der Waals surface area contributed by atoms with Crippen molar-refractivity contribution in [3.05, 3.63) is 0 Å². The summed E-state index contributed by atoms with van der Waals surface area (Å²) >= 11 is 0. The van der Waals surface area contributed by atoms with E-state index in [-0.39, 0.29) is 0 Å². The minimum absolute atomic E-state index is 0.421. The summed E-state index contributed by atoms with van der Waals surface area (Å²) in [6.45, 7) is 10.5. The van der Waals surface area contributed by atoms with Gasteiger partial charge in [-0.2, -0.15) is 0 Å². The van der Waals surface area contributed by atoms with Crippen LogP contribution in [0.15, 0.2) is 4.99 Å². The molecule has 1 atom stereocenters. The van der Waals surface area contributed by atoms with E-state index in [9.17, 15) is 0 Å². The van der Waals surface area contributed by atoms with Crippen molar-refractivity contribution < 1.29 is 9.47 Å². The molecule has 2 saturated heterocycles. The normalized spacial score (nSPS) is 24.2. The predicted molar refractivity (Wildman–Crippen MR) is 84.8 cm³/mol. The summed E-state index contributed by atoms with van der Waals surface area (Å²) < 4.78 is 11.0. The van der Waals surface area contributed by atoms with E-state index >= 15 is 0 Å². The number of hydrogen-bond acceptors (Lipinski definition) is 4. The second-order valence-corrected chi connectivity index (χ2v) is 5.57. The number of nitrogens with zero attached hydrogens (tertiary/aromatic N) is 2. The van der Waals surface area contributed by atoms with Crippen LogP contribution < -0.4 is 10.6 Å². The van der Waals surface area contributed by atoms with Gasteiger partial charge >= 0.3 is 0 Å². The molecule has 1 unspecified atom stereocenters. The summed E-state index contributed by atoms with van der Waals surface area (Å²) in [7, 11) is 0. The van der Waals surface area contributed by atoms with Crippen molar-refractivity contribution in [2.24, 2.45) is 4.99 Å². The number of ether oxygens (including phenoxy) is 2. The maximum atomic E-state index is 5.63. The second-order valence-electron chi connectivity index (χ2n) is 5.57. The maximum Gasteiger partial charge on any atom is 0.191 e. The van der Waals surface area contributed by atoms with E-state index in [0.29, 0.717) is 6.10 Å². The Bertz CT molecular complexity index is 300. The molecule has 2 N–H and O–H groups in total. The molecule has 6 nitrogen and oxygen atoms in total. The zero-order valence-corrected chi connectivity index (χ0v) is 13.3. The molecule has 21 heavy (non-hydrogen) atoms. The molecule has 0 aromatic heterocycles. The number of guanidine groups is 1. The SMILES string of the molecule is CCNC(=NCCC1CCCO1)NCCN1CCOCC1. The average molecular weight is 298 g/mol. The van der Waals surface area contributed by atoms with Crippen LogP contribution >= 0.6 is 0 Å². The van der Waals surface area contributed by atoms with E-state index in [4.69, 9.17) is 9.47 Å². The first-order valence-electron chi connectivity index (χ1n) is 8.32. The molecule has 2 heterocycles. The van der Waals surface area contributed by atoms with Gasteiger partial charge in [-0.05, 0) is 26.2 Å². The standard InChI is InChI=1S/C15H30N4O2/c1-2-16-15(17-6-5-14-4-3-11-21-14)18-7-8-19-9-12-20-13-10-19/h14H,2-13H2,1H3,(H2,16,17,18). The highest BCUT2D eigenvalue weighted by molar-refractivity contribution is 5.79. The molecular formula is C15H30N4O2. The fraction of sp³-hybridized carbons (Fsp3) is 0.933. The Hall–Kier alpha value is -0.850. The second kappa shape index (κ2) is 9.97. The van der Waals surface area contributed by atoms with Gasteiger partial charge in [-0.25, -0.2) is 0 Å². The van der Waals surface area contributed by atoms with Crippen LogP contribution in [0.3, 0.4) is 0 Å². The average Bonchev–Trinajstić information content (AvgIpc) is 3.02. The van der Waals surface area contributed by atoms with E-state index in [1.54, 1.807) is 0 Å². The lowest BCUT2D eigenvalue weighted by atomic mass is 10.2. The number of hydrogen-bond donors (Lipinski definition) is 2.